The summed E-state index contributed by atoms with van der Waals surface area (Å²) in [5.41, 5.74) is 3.90. The van der Waals surface area contributed by atoms with Crippen molar-refractivity contribution in [3.63, 3.8) is 0 Å². The van der Waals surface area contributed by atoms with E-state index in [-0.39, 0.29) is 9.92 Å². The number of sulfone groups is 1. The number of rotatable bonds is 4. The number of nitrogens with zero attached hydrogens (tertiary/aromatic N) is 1. The Labute approximate surface area is 181 Å². The smallest absolute Gasteiger partial charge is 0.224 e. The van der Waals surface area contributed by atoms with Gasteiger partial charge in [-0.2, -0.15) is 0 Å². The Balaban J connectivity index is 1.97. The summed E-state index contributed by atoms with van der Waals surface area (Å²) in [5.74, 6) is 0. The molecule has 0 unspecified atom stereocenters. The second kappa shape index (κ2) is 7.82. The standard InChI is InChI=1S/C27H19NO2S/c29-31(30,22-16-8-3-9-17-22)27-26(21-14-6-2-7-15-21)25(20-12-4-1-5-13-20)23-18-10-11-19-24(23)28-27/h1-19H. The Bertz CT molecular complexity index is 1460. The molecule has 150 valence electrons. The molecule has 0 saturated heterocycles. The number of aromatic nitrogens is 1. The summed E-state index contributed by atoms with van der Waals surface area (Å²) in [6.07, 6.45) is 0. The highest BCUT2D eigenvalue weighted by molar-refractivity contribution is 7.91. The highest BCUT2D eigenvalue weighted by Gasteiger charge is 2.28. The third-order valence-corrected chi connectivity index (χ3v) is 6.99. The van der Waals surface area contributed by atoms with Crippen molar-refractivity contribution < 1.29 is 8.42 Å². The van der Waals surface area contributed by atoms with Crippen LogP contribution in [0, 0.1) is 0 Å². The summed E-state index contributed by atoms with van der Waals surface area (Å²) >= 11 is 0. The lowest BCUT2D eigenvalue weighted by Crippen LogP contribution is -2.08. The van der Waals surface area contributed by atoms with Gasteiger partial charge in [0.2, 0.25) is 9.84 Å². The lowest BCUT2D eigenvalue weighted by molar-refractivity contribution is 0.593. The second-order valence-electron chi connectivity index (χ2n) is 7.23. The highest BCUT2D eigenvalue weighted by Crippen LogP contribution is 2.42. The van der Waals surface area contributed by atoms with Gasteiger partial charge >= 0.3 is 0 Å². The first-order valence-corrected chi connectivity index (χ1v) is 11.5. The third-order valence-electron chi connectivity index (χ3n) is 5.29. The largest absolute Gasteiger partial charge is 0.235 e. The van der Waals surface area contributed by atoms with Gasteiger partial charge in [0.25, 0.3) is 0 Å². The number of para-hydroxylation sites is 1. The Morgan fingerprint density at radius 2 is 1.00 bits per heavy atom. The molecule has 4 heteroatoms. The van der Waals surface area contributed by atoms with E-state index in [0.717, 1.165) is 22.1 Å². The Morgan fingerprint density at radius 3 is 1.61 bits per heavy atom. The van der Waals surface area contributed by atoms with E-state index in [9.17, 15) is 8.42 Å². The van der Waals surface area contributed by atoms with Crippen LogP contribution in [-0.4, -0.2) is 13.4 Å². The van der Waals surface area contributed by atoms with Gasteiger partial charge in [-0.3, -0.25) is 0 Å². The van der Waals surface area contributed by atoms with Crippen LogP contribution < -0.4 is 0 Å². The maximum Gasteiger partial charge on any atom is 0.224 e. The SMILES string of the molecule is O=S(=O)(c1ccccc1)c1nc2ccccc2c(-c2ccccc2)c1-c1ccccc1. The van der Waals surface area contributed by atoms with Crippen molar-refractivity contribution in [2.45, 2.75) is 9.92 Å². The molecule has 0 amide bonds. The summed E-state index contributed by atoms with van der Waals surface area (Å²) in [4.78, 5) is 4.93. The van der Waals surface area contributed by atoms with Crippen LogP contribution in [0.1, 0.15) is 0 Å². The van der Waals surface area contributed by atoms with Gasteiger partial charge < -0.3 is 0 Å². The molecule has 0 atom stereocenters. The van der Waals surface area contributed by atoms with E-state index in [0.29, 0.717) is 11.1 Å². The molecule has 5 rings (SSSR count). The van der Waals surface area contributed by atoms with E-state index in [1.54, 1.807) is 30.3 Å². The molecule has 1 aromatic heterocycles. The number of hydrogen-bond acceptors (Lipinski definition) is 3. The first kappa shape index (κ1) is 19.2. The van der Waals surface area contributed by atoms with Gasteiger partial charge in [0.15, 0.2) is 5.03 Å². The van der Waals surface area contributed by atoms with Crippen LogP contribution in [0.5, 0.6) is 0 Å². The topological polar surface area (TPSA) is 47.0 Å². The average Bonchev–Trinajstić information content (AvgIpc) is 2.84. The van der Waals surface area contributed by atoms with Crippen LogP contribution in [0.3, 0.4) is 0 Å². The molecule has 0 fully saturated rings. The third kappa shape index (κ3) is 3.41. The molecule has 0 spiro atoms. The predicted molar refractivity (Wildman–Crippen MR) is 125 cm³/mol. The molecule has 0 radical (unpaired) electrons. The molecule has 0 aliphatic rings. The minimum absolute atomic E-state index is 0.0717. The monoisotopic (exact) mass is 421 g/mol. The lowest BCUT2D eigenvalue weighted by Gasteiger charge is -2.18. The second-order valence-corrected chi connectivity index (χ2v) is 9.10. The molecule has 31 heavy (non-hydrogen) atoms. The molecule has 1 heterocycles. The van der Waals surface area contributed by atoms with E-state index in [4.69, 9.17) is 4.98 Å². The van der Waals surface area contributed by atoms with Crippen LogP contribution in [0.4, 0.5) is 0 Å². The van der Waals surface area contributed by atoms with Gasteiger partial charge in [0.1, 0.15) is 0 Å². The van der Waals surface area contributed by atoms with Crippen LogP contribution in [0.15, 0.2) is 125 Å². The van der Waals surface area contributed by atoms with Crippen molar-refractivity contribution in [3.8, 4) is 22.3 Å². The fraction of sp³-hybridized carbons (Fsp3) is 0. The Morgan fingerprint density at radius 1 is 0.516 bits per heavy atom. The maximum absolute atomic E-state index is 13.8. The number of pyridine rings is 1. The van der Waals surface area contributed by atoms with Gasteiger partial charge in [-0.1, -0.05) is 97.1 Å². The highest BCUT2D eigenvalue weighted by atomic mass is 32.2. The van der Waals surface area contributed by atoms with E-state index in [1.165, 1.54) is 0 Å². The van der Waals surface area contributed by atoms with Crippen molar-refractivity contribution in [1.82, 2.24) is 4.98 Å². The Kier molecular flexibility index (Phi) is 4.85. The quantitative estimate of drug-likeness (QED) is 0.337. The molecular formula is C27H19NO2S. The molecule has 0 bridgehead atoms. The van der Waals surface area contributed by atoms with Crippen LogP contribution in [-0.2, 0) is 9.84 Å². The van der Waals surface area contributed by atoms with E-state index in [2.05, 4.69) is 0 Å². The van der Waals surface area contributed by atoms with Crippen LogP contribution >= 0.6 is 0 Å². The number of fused-ring (bicyclic) bond motifs is 1. The Hall–Kier alpha value is -3.76. The number of hydrogen-bond donors (Lipinski definition) is 0. The molecule has 0 aliphatic heterocycles. The molecule has 0 saturated carbocycles. The summed E-state index contributed by atoms with van der Waals surface area (Å²) in [6.45, 7) is 0. The van der Waals surface area contributed by atoms with Crippen molar-refractivity contribution in [2.75, 3.05) is 0 Å². The minimum Gasteiger partial charge on any atom is -0.235 e. The van der Waals surface area contributed by atoms with Gasteiger partial charge in [-0.15, -0.1) is 0 Å². The predicted octanol–water partition coefficient (Wildman–Crippen LogP) is 6.40. The minimum atomic E-state index is -3.85. The average molecular weight is 422 g/mol. The van der Waals surface area contributed by atoms with Crippen LogP contribution in [0.25, 0.3) is 33.2 Å². The van der Waals surface area contributed by atoms with Crippen molar-refractivity contribution in [2.24, 2.45) is 0 Å². The zero-order valence-corrected chi connectivity index (χ0v) is 17.5. The maximum atomic E-state index is 13.8. The first-order chi connectivity index (χ1) is 15.2. The molecular weight excluding hydrogens is 402 g/mol. The van der Waals surface area contributed by atoms with Crippen LogP contribution in [0.2, 0.25) is 0 Å². The zero-order chi connectivity index (χ0) is 21.3. The zero-order valence-electron chi connectivity index (χ0n) is 16.6. The molecule has 0 N–H and O–H groups in total. The van der Waals surface area contributed by atoms with Gasteiger partial charge in [0, 0.05) is 16.5 Å². The van der Waals surface area contributed by atoms with Gasteiger partial charge in [-0.05, 0) is 29.3 Å². The first-order valence-electron chi connectivity index (χ1n) is 10.00. The van der Waals surface area contributed by atoms with E-state index in [1.807, 2.05) is 84.9 Å². The van der Waals surface area contributed by atoms with E-state index >= 15 is 0 Å². The van der Waals surface area contributed by atoms with E-state index < -0.39 is 9.84 Å². The normalized spacial score (nSPS) is 11.5. The van der Waals surface area contributed by atoms with Gasteiger partial charge in [0.05, 0.1) is 10.4 Å². The summed E-state index contributed by atoms with van der Waals surface area (Å²) in [5, 5.41) is 0.988. The fourth-order valence-electron chi connectivity index (χ4n) is 3.87. The molecule has 5 aromatic rings. The van der Waals surface area contributed by atoms with Crippen molar-refractivity contribution in [1.29, 1.82) is 0 Å². The summed E-state index contributed by atoms with van der Waals surface area (Å²) < 4.78 is 27.6. The van der Waals surface area contributed by atoms with Crippen molar-refractivity contribution >= 4 is 20.7 Å². The fourth-order valence-corrected chi connectivity index (χ4v) is 5.32. The van der Waals surface area contributed by atoms with Gasteiger partial charge in [-0.25, -0.2) is 13.4 Å². The molecule has 4 aromatic carbocycles. The molecule has 0 aliphatic carbocycles. The summed E-state index contributed by atoms with van der Waals surface area (Å²) in [6, 6.07) is 35.7. The lowest BCUT2D eigenvalue weighted by atomic mass is 9.92. The molecule has 3 nitrogen and oxygen atoms in total. The summed E-state index contributed by atoms with van der Waals surface area (Å²) in [7, 11) is -3.85. The number of benzene rings is 4. The van der Waals surface area contributed by atoms with Crippen molar-refractivity contribution in [3.05, 3.63) is 115 Å².